The number of rotatable bonds is 3. The van der Waals surface area contributed by atoms with Gasteiger partial charge in [-0.25, -0.2) is 0 Å². The predicted molar refractivity (Wildman–Crippen MR) is 83.8 cm³/mol. The Labute approximate surface area is 124 Å². The zero-order valence-electron chi connectivity index (χ0n) is 12.4. The number of aryl methyl sites for hydroxylation is 3. The lowest BCUT2D eigenvalue weighted by Crippen LogP contribution is -2.17. The zero-order chi connectivity index (χ0) is 14.8. The standard InChI is InChI=1S/C16H20N4O/c1-3-12-10-15(20(2)19-12)16(21)18-13-6-7-14-11(9-13)5-4-8-17-14/h6-7,9-10,17H,3-5,8H2,1-2H3,(H,18,21). The lowest BCUT2D eigenvalue weighted by molar-refractivity contribution is 0.101. The summed E-state index contributed by atoms with van der Waals surface area (Å²) in [4.78, 5) is 12.3. The van der Waals surface area contributed by atoms with Gasteiger partial charge in [0.15, 0.2) is 0 Å². The first-order chi connectivity index (χ1) is 10.2. The van der Waals surface area contributed by atoms with Crippen molar-refractivity contribution < 1.29 is 4.79 Å². The second-order valence-corrected chi connectivity index (χ2v) is 5.35. The summed E-state index contributed by atoms with van der Waals surface area (Å²) in [5.41, 5.74) is 4.79. The number of hydrogen-bond acceptors (Lipinski definition) is 3. The van der Waals surface area contributed by atoms with Crippen LogP contribution in [0.2, 0.25) is 0 Å². The van der Waals surface area contributed by atoms with Gasteiger partial charge in [0.1, 0.15) is 5.69 Å². The second kappa shape index (κ2) is 5.60. The van der Waals surface area contributed by atoms with Crippen molar-refractivity contribution in [2.24, 2.45) is 7.05 Å². The van der Waals surface area contributed by atoms with E-state index in [9.17, 15) is 4.79 Å². The van der Waals surface area contributed by atoms with E-state index in [0.29, 0.717) is 5.69 Å². The number of aromatic nitrogens is 2. The number of carbonyl (C=O) groups is 1. The van der Waals surface area contributed by atoms with Crippen LogP contribution in [0.5, 0.6) is 0 Å². The topological polar surface area (TPSA) is 59.0 Å². The van der Waals surface area contributed by atoms with E-state index in [1.165, 1.54) is 11.3 Å². The van der Waals surface area contributed by atoms with Gasteiger partial charge in [0.25, 0.3) is 5.91 Å². The van der Waals surface area contributed by atoms with Crippen LogP contribution in [0.1, 0.15) is 35.1 Å². The number of nitrogens with one attached hydrogen (secondary N) is 2. The molecule has 0 aliphatic carbocycles. The molecule has 0 radical (unpaired) electrons. The third kappa shape index (κ3) is 2.77. The molecule has 1 amide bonds. The first-order valence-corrected chi connectivity index (χ1v) is 7.38. The number of benzene rings is 1. The lowest BCUT2D eigenvalue weighted by atomic mass is 10.0. The van der Waals surface area contributed by atoms with Gasteiger partial charge in [-0.3, -0.25) is 9.48 Å². The molecule has 21 heavy (non-hydrogen) atoms. The van der Waals surface area contributed by atoms with Gasteiger partial charge >= 0.3 is 0 Å². The van der Waals surface area contributed by atoms with Crippen LogP contribution in [0.4, 0.5) is 11.4 Å². The van der Waals surface area contributed by atoms with Crippen LogP contribution in [0, 0.1) is 0 Å². The molecule has 0 atom stereocenters. The van der Waals surface area contributed by atoms with E-state index in [4.69, 9.17) is 0 Å². The highest BCUT2D eigenvalue weighted by Gasteiger charge is 2.14. The zero-order valence-corrected chi connectivity index (χ0v) is 12.4. The maximum atomic E-state index is 12.3. The van der Waals surface area contributed by atoms with E-state index in [0.717, 1.165) is 37.2 Å². The fourth-order valence-electron chi connectivity index (χ4n) is 2.66. The van der Waals surface area contributed by atoms with E-state index in [-0.39, 0.29) is 5.91 Å². The van der Waals surface area contributed by atoms with Crippen molar-refractivity contribution in [3.8, 4) is 0 Å². The quantitative estimate of drug-likeness (QED) is 0.911. The van der Waals surface area contributed by atoms with Crippen molar-refractivity contribution in [2.75, 3.05) is 17.2 Å². The van der Waals surface area contributed by atoms with Crippen LogP contribution in [-0.2, 0) is 19.9 Å². The van der Waals surface area contributed by atoms with Gasteiger partial charge in [-0.15, -0.1) is 0 Å². The molecule has 0 fully saturated rings. The van der Waals surface area contributed by atoms with E-state index >= 15 is 0 Å². The van der Waals surface area contributed by atoms with Crippen LogP contribution in [0.15, 0.2) is 24.3 Å². The molecule has 5 nitrogen and oxygen atoms in total. The average molecular weight is 284 g/mol. The van der Waals surface area contributed by atoms with Crippen molar-refractivity contribution in [3.05, 3.63) is 41.2 Å². The number of amides is 1. The minimum Gasteiger partial charge on any atom is -0.385 e. The van der Waals surface area contributed by atoms with Crippen LogP contribution in [0.3, 0.4) is 0 Å². The molecule has 110 valence electrons. The van der Waals surface area contributed by atoms with Crippen molar-refractivity contribution in [1.82, 2.24) is 9.78 Å². The number of nitrogens with zero attached hydrogens (tertiary/aromatic N) is 2. The first kappa shape index (κ1) is 13.7. The third-order valence-corrected chi connectivity index (χ3v) is 3.83. The molecule has 2 aromatic rings. The molecule has 0 saturated heterocycles. The molecule has 1 aromatic carbocycles. The van der Waals surface area contributed by atoms with E-state index in [1.54, 1.807) is 11.7 Å². The SMILES string of the molecule is CCc1cc(C(=O)Nc2ccc3c(c2)CCCN3)n(C)n1. The first-order valence-electron chi connectivity index (χ1n) is 7.38. The molecule has 0 spiro atoms. The minimum absolute atomic E-state index is 0.117. The van der Waals surface area contributed by atoms with Gasteiger partial charge < -0.3 is 10.6 Å². The fraction of sp³-hybridized carbons (Fsp3) is 0.375. The fourth-order valence-corrected chi connectivity index (χ4v) is 2.66. The number of fused-ring (bicyclic) bond motifs is 1. The van der Waals surface area contributed by atoms with Gasteiger partial charge in [0.2, 0.25) is 0 Å². The maximum Gasteiger partial charge on any atom is 0.273 e. The van der Waals surface area contributed by atoms with E-state index < -0.39 is 0 Å². The Balaban J connectivity index is 1.79. The smallest absolute Gasteiger partial charge is 0.273 e. The average Bonchev–Trinajstić information content (AvgIpc) is 2.88. The summed E-state index contributed by atoms with van der Waals surface area (Å²) >= 11 is 0. The summed E-state index contributed by atoms with van der Waals surface area (Å²) in [5.74, 6) is -0.117. The Hall–Kier alpha value is -2.30. The summed E-state index contributed by atoms with van der Waals surface area (Å²) in [6.07, 6.45) is 3.01. The van der Waals surface area contributed by atoms with Crippen LogP contribution >= 0.6 is 0 Å². The number of carbonyl (C=O) groups excluding carboxylic acids is 1. The highest BCUT2D eigenvalue weighted by atomic mass is 16.2. The van der Waals surface area contributed by atoms with Gasteiger partial charge in [-0.2, -0.15) is 5.10 Å². The molecule has 0 bridgehead atoms. The Morgan fingerprint density at radius 3 is 3.05 bits per heavy atom. The Kier molecular flexibility index (Phi) is 3.64. The van der Waals surface area contributed by atoms with Gasteiger partial charge in [-0.1, -0.05) is 6.92 Å². The molecule has 2 N–H and O–H groups in total. The molecule has 5 heteroatoms. The van der Waals surface area contributed by atoms with Crippen LogP contribution in [0.25, 0.3) is 0 Å². The van der Waals surface area contributed by atoms with Crippen LogP contribution in [-0.4, -0.2) is 22.2 Å². The lowest BCUT2D eigenvalue weighted by Gasteiger charge is -2.18. The second-order valence-electron chi connectivity index (χ2n) is 5.35. The van der Waals surface area contributed by atoms with Crippen molar-refractivity contribution in [1.29, 1.82) is 0 Å². The third-order valence-electron chi connectivity index (χ3n) is 3.83. The maximum absolute atomic E-state index is 12.3. The van der Waals surface area contributed by atoms with Gasteiger partial charge in [0.05, 0.1) is 5.69 Å². The Morgan fingerprint density at radius 2 is 2.29 bits per heavy atom. The van der Waals surface area contributed by atoms with Crippen molar-refractivity contribution in [3.63, 3.8) is 0 Å². The van der Waals surface area contributed by atoms with E-state index in [2.05, 4.69) is 21.8 Å². The van der Waals surface area contributed by atoms with Crippen molar-refractivity contribution >= 4 is 17.3 Å². The summed E-state index contributed by atoms with van der Waals surface area (Å²) in [5, 5.41) is 10.6. The van der Waals surface area contributed by atoms with E-state index in [1.807, 2.05) is 25.1 Å². The monoisotopic (exact) mass is 284 g/mol. The minimum atomic E-state index is -0.117. The molecule has 1 aliphatic rings. The highest BCUT2D eigenvalue weighted by Crippen LogP contribution is 2.25. The molecule has 0 saturated carbocycles. The molecule has 1 aromatic heterocycles. The summed E-state index contributed by atoms with van der Waals surface area (Å²) in [7, 11) is 1.80. The molecular formula is C16H20N4O. The van der Waals surface area contributed by atoms with Crippen molar-refractivity contribution in [2.45, 2.75) is 26.2 Å². The molecule has 3 rings (SSSR count). The molecular weight excluding hydrogens is 264 g/mol. The van der Waals surface area contributed by atoms with Gasteiger partial charge in [0, 0.05) is 25.0 Å². The molecule has 2 heterocycles. The summed E-state index contributed by atoms with van der Waals surface area (Å²) in [6.45, 7) is 3.05. The highest BCUT2D eigenvalue weighted by molar-refractivity contribution is 6.03. The predicted octanol–water partition coefficient (Wildman–Crippen LogP) is 2.59. The normalized spacial score (nSPS) is 13.4. The van der Waals surface area contributed by atoms with Gasteiger partial charge in [-0.05, 0) is 49.1 Å². The number of anilines is 2. The largest absolute Gasteiger partial charge is 0.385 e. The summed E-state index contributed by atoms with van der Waals surface area (Å²) in [6, 6.07) is 7.86. The Morgan fingerprint density at radius 1 is 1.43 bits per heavy atom. The summed E-state index contributed by atoms with van der Waals surface area (Å²) < 4.78 is 1.63. The number of hydrogen-bond donors (Lipinski definition) is 2. The van der Waals surface area contributed by atoms with Crippen LogP contribution < -0.4 is 10.6 Å². The Bertz CT molecular complexity index is 675. The molecule has 0 unspecified atom stereocenters. The molecule has 1 aliphatic heterocycles.